The zero-order valence-corrected chi connectivity index (χ0v) is 10.8. The molecule has 0 heterocycles. The molecule has 0 bridgehead atoms. The first-order valence-corrected chi connectivity index (χ1v) is 6.09. The van der Waals surface area contributed by atoms with Gasteiger partial charge in [0, 0.05) is 12.2 Å². The summed E-state index contributed by atoms with van der Waals surface area (Å²) >= 11 is 0. The minimum Gasteiger partial charge on any atom is -0.507 e. The van der Waals surface area contributed by atoms with Crippen molar-refractivity contribution in [2.45, 2.75) is 6.92 Å². The summed E-state index contributed by atoms with van der Waals surface area (Å²) in [5.74, 6) is -2.46. The lowest BCUT2D eigenvalue weighted by molar-refractivity contribution is 0.0981. The van der Waals surface area contributed by atoms with E-state index in [1.807, 2.05) is 0 Å². The number of benzene rings is 2. The van der Waals surface area contributed by atoms with E-state index in [4.69, 9.17) is 0 Å². The van der Waals surface area contributed by atoms with Crippen molar-refractivity contribution in [3.8, 4) is 5.75 Å². The maximum absolute atomic E-state index is 13.7. The first-order valence-electron chi connectivity index (χ1n) is 6.09. The van der Waals surface area contributed by atoms with Crippen LogP contribution in [0.4, 0.5) is 14.5 Å². The molecular weight excluding hydrogens is 264 g/mol. The zero-order chi connectivity index (χ0) is 14.7. The molecule has 0 aliphatic rings. The molecule has 0 aliphatic heterocycles. The largest absolute Gasteiger partial charge is 0.507 e. The predicted molar refractivity (Wildman–Crippen MR) is 71.8 cm³/mol. The van der Waals surface area contributed by atoms with Crippen molar-refractivity contribution in [2.24, 2.45) is 0 Å². The SMILES string of the molecule is CCN(C(=O)c1c(O)cccc1F)c1cccc(F)c1. The van der Waals surface area contributed by atoms with Crippen molar-refractivity contribution in [3.63, 3.8) is 0 Å². The van der Waals surface area contributed by atoms with Crippen LogP contribution < -0.4 is 4.90 Å². The average Bonchev–Trinajstić information content (AvgIpc) is 2.39. The normalized spacial score (nSPS) is 10.3. The van der Waals surface area contributed by atoms with Crippen LogP contribution in [0, 0.1) is 11.6 Å². The summed E-state index contributed by atoms with van der Waals surface area (Å²) in [6.45, 7) is 1.90. The highest BCUT2D eigenvalue weighted by molar-refractivity contribution is 6.07. The second-order valence-electron chi connectivity index (χ2n) is 4.16. The predicted octanol–water partition coefficient (Wildman–Crippen LogP) is 3.34. The van der Waals surface area contributed by atoms with Gasteiger partial charge in [0.25, 0.3) is 5.91 Å². The van der Waals surface area contributed by atoms with Gasteiger partial charge in [-0.25, -0.2) is 8.78 Å². The Morgan fingerprint density at radius 3 is 2.50 bits per heavy atom. The van der Waals surface area contributed by atoms with E-state index in [0.717, 1.165) is 6.07 Å². The van der Waals surface area contributed by atoms with Crippen molar-refractivity contribution in [2.75, 3.05) is 11.4 Å². The molecule has 5 heteroatoms. The number of amides is 1. The first-order chi connectivity index (χ1) is 9.54. The molecule has 0 saturated carbocycles. The number of carbonyl (C=O) groups excluding carboxylic acids is 1. The summed E-state index contributed by atoms with van der Waals surface area (Å²) in [5, 5.41) is 9.65. The van der Waals surface area contributed by atoms with Crippen LogP contribution in [0.25, 0.3) is 0 Å². The van der Waals surface area contributed by atoms with Gasteiger partial charge in [-0.1, -0.05) is 12.1 Å². The Morgan fingerprint density at radius 2 is 1.90 bits per heavy atom. The van der Waals surface area contributed by atoms with E-state index in [9.17, 15) is 18.7 Å². The van der Waals surface area contributed by atoms with Crippen molar-refractivity contribution in [1.29, 1.82) is 0 Å². The van der Waals surface area contributed by atoms with E-state index in [-0.39, 0.29) is 6.54 Å². The Labute approximate surface area is 115 Å². The molecule has 2 aromatic rings. The monoisotopic (exact) mass is 277 g/mol. The Bertz CT molecular complexity index is 623. The van der Waals surface area contributed by atoms with Gasteiger partial charge in [-0.3, -0.25) is 4.79 Å². The number of phenols is 1. The second kappa shape index (κ2) is 5.69. The molecule has 0 aromatic heterocycles. The fraction of sp³-hybridized carbons (Fsp3) is 0.133. The van der Waals surface area contributed by atoms with Crippen LogP contribution in [-0.4, -0.2) is 17.6 Å². The highest BCUT2D eigenvalue weighted by Gasteiger charge is 2.23. The molecule has 1 amide bonds. The lowest BCUT2D eigenvalue weighted by Gasteiger charge is -2.21. The molecule has 0 saturated heterocycles. The highest BCUT2D eigenvalue weighted by Crippen LogP contribution is 2.25. The maximum atomic E-state index is 13.7. The lowest BCUT2D eigenvalue weighted by Crippen LogP contribution is -2.31. The summed E-state index contributed by atoms with van der Waals surface area (Å²) in [6, 6.07) is 9.06. The van der Waals surface area contributed by atoms with Crippen LogP contribution in [0.15, 0.2) is 42.5 Å². The molecule has 0 unspecified atom stereocenters. The quantitative estimate of drug-likeness (QED) is 0.934. The topological polar surface area (TPSA) is 40.5 Å². The molecule has 0 radical (unpaired) electrons. The Balaban J connectivity index is 2.45. The van der Waals surface area contributed by atoms with Crippen molar-refractivity contribution >= 4 is 11.6 Å². The highest BCUT2D eigenvalue weighted by atomic mass is 19.1. The molecule has 0 fully saturated rings. The smallest absolute Gasteiger partial charge is 0.265 e. The summed E-state index contributed by atoms with van der Waals surface area (Å²) < 4.78 is 26.9. The van der Waals surface area contributed by atoms with Crippen molar-refractivity contribution in [3.05, 3.63) is 59.7 Å². The Hall–Kier alpha value is -2.43. The number of carbonyl (C=O) groups is 1. The van der Waals surface area contributed by atoms with Gasteiger partial charge in [-0.05, 0) is 37.3 Å². The molecule has 2 rings (SSSR count). The maximum Gasteiger partial charge on any atom is 0.265 e. The molecule has 0 aliphatic carbocycles. The van der Waals surface area contributed by atoms with Gasteiger partial charge in [0.2, 0.25) is 0 Å². The third-order valence-electron chi connectivity index (χ3n) is 2.89. The van der Waals surface area contributed by atoms with E-state index in [1.165, 1.54) is 35.2 Å². The molecule has 1 N–H and O–H groups in total. The van der Waals surface area contributed by atoms with E-state index >= 15 is 0 Å². The molecule has 20 heavy (non-hydrogen) atoms. The number of anilines is 1. The summed E-state index contributed by atoms with van der Waals surface area (Å²) in [4.78, 5) is 13.5. The average molecular weight is 277 g/mol. The van der Waals surface area contributed by atoms with Gasteiger partial charge in [-0.2, -0.15) is 0 Å². The Morgan fingerprint density at radius 1 is 1.20 bits per heavy atom. The molecular formula is C15H13F2NO2. The number of hydrogen-bond donors (Lipinski definition) is 1. The van der Waals surface area contributed by atoms with Gasteiger partial charge in [0.1, 0.15) is 22.9 Å². The minimum absolute atomic E-state index is 0.218. The van der Waals surface area contributed by atoms with Gasteiger partial charge >= 0.3 is 0 Å². The number of aromatic hydroxyl groups is 1. The van der Waals surface area contributed by atoms with Crippen LogP contribution in [-0.2, 0) is 0 Å². The minimum atomic E-state index is -0.815. The van der Waals surface area contributed by atoms with Crippen LogP contribution in [0.5, 0.6) is 5.75 Å². The number of halogens is 2. The summed E-state index contributed by atoms with van der Waals surface area (Å²) in [5.41, 5.74) is -0.112. The Kier molecular flexibility index (Phi) is 3.98. The second-order valence-corrected chi connectivity index (χ2v) is 4.16. The van der Waals surface area contributed by atoms with E-state index in [0.29, 0.717) is 5.69 Å². The van der Waals surface area contributed by atoms with E-state index in [2.05, 4.69) is 0 Å². The van der Waals surface area contributed by atoms with Gasteiger partial charge < -0.3 is 10.0 Å². The molecule has 0 spiro atoms. The summed E-state index contributed by atoms with van der Waals surface area (Å²) in [6.07, 6.45) is 0. The number of nitrogens with zero attached hydrogens (tertiary/aromatic N) is 1. The fourth-order valence-electron chi connectivity index (χ4n) is 1.95. The number of rotatable bonds is 3. The molecule has 3 nitrogen and oxygen atoms in total. The van der Waals surface area contributed by atoms with Crippen LogP contribution in [0.2, 0.25) is 0 Å². The summed E-state index contributed by atoms with van der Waals surface area (Å²) in [7, 11) is 0. The van der Waals surface area contributed by atoms with Gasteiger partial charge in [0.05, 0.1) is 0 Å². The molecule has 104 valence electrons. The third kappa shape index (κ3) is 2.61. The lowest BCUT2D eigenvalue weighted by atomic mass is 10.1. The fourth-order valence-corrected chi connectivity index (χ4v) is 1.95. The molecule has 0 atom stereocenters. The standard InChI is InChI=1S/C15H13F2NO2/c1-2-18(11-6-3-5-10(16)9-11)15(20)14-12(17)7-4-8-13(14)19/h3-9,19H,2H2,1H3. The van der Waals surface area contributed by atoms with Gasteiger partial charge in [-0.15, -0.1) is 0 Å². The van der Waals surface area contributed by atoms with Crippen molar-refractivity contribution in [1.82, 2.24) is 0 Å². The number of phenolic OH excluding ortho intramolecular Hbond substituents is 1. The van der Waals surface area contributed by atoms with Crippen LogP contribution in [0.1, 0.15) is 17.3 Å². The van der Waals surface area contributed by atoms with Gasteiger partial charge in [0.15, 0.2) is 0 Å². The zero-order valence-electron chi connectivity index (χ0n) is 10.8. The first kappa shape index (κ1) is 14.0. The molecule has 2 aromatic carbocycles. The van der Waals surface area contributed by atoms with Crippen LogP contribution >= 0.6 is 0 Å². The van der Waals surface area contributed by atoms with E-state index < -0.39 is 28.9 Å². The third-order valence-corrected chi connectivity index (χ3v) is 2.89. The van der Waals surface area contributed by atoms with Crippen LogP contribution in [0.3, 0.4) is 0 Å². The van der Waals surface area contributed by atoms with Crippen molar-refractivity contribution < 1.29 is 18.7 Å². The van der Waals surface area contributed by atoms with E-state index in [1.54, 1.807) is 13.0 Å². The number of hydrogen-bond acceptors (Lipinski definition) is 2.